The van der Waals surface area contributed by atoms with Crippen LogP contribution in [0.3, 0.4) is 0 Å². The molecule has 5 rings (SSSR count). The third-order valence-corrected chi connectivity index (χ3v) is 8.76. The number of aromatic nitrogens is 4. The van der Waals surface area contributed by atoms with Gasteiger partial charge in [0.2, 0.25) is 5.91 Å². The van der Waals surface area contributed by atoms with Crippen LogP contribution >= 0.6 is 11.6 Å². The molecule has 0 bridgehead atoms. The number of anilines is 1. The second-order valence-corrected chi connectivity index (χ2v) is 12.3. The zero-order chi connectivity index (χ0) is 28.8. The van der Waals surface area contributed by atoms with Crippen LogP contribution < -0.4 is 4.90 Å². The van der Waals surface area contributed by atoms with E-state index < -0.39 is 17.6 Å². The standard InChI is InChI=1S/C29H36ClF2N7O/c1-18-12-22(19(2)39-34-17-33-35-39)27(14-25(18)30)36-8-10-37(11-9-36)28(40)24-16-38(29(3,4)5)15-23(24)21-7-6-20(31)13-26(21)32/h6-7,12-14,17,19,23-24H,8-11,15-16H2,1-5H3/t19?,23-,24?/m0/s1. The second-order valence-electron chi connectivity index (χ2n) is 11.9. The molecular weight excluding hydrogens is 536 g/mol. The lowest BCUT2D eigenvalue weighted by molar-refractivity contribution is -0.136. The fourth-order valence-corrected chi connectivity index (χ4v) is 6.06. The highest BCUT2D eigenvalue weighted by molar-refractivity contribution is 6.31. The van der Waals surface area contributed by atoms with Gasteiger partial charge >= 0.3 is 0 Å². The van der Waals surface area contributed by atoms with Gasteiger partial charge in [0.1, 0.15) is 11.6 Å². The number of hydrogen-bond donors (Lipinski definition) is 0. The van der Waals surface area contributed by atoms with Crippen molar-refractivity contribution < 1.29 is 13.6 Å². The van der Waals surface area contributed by atoms with Gasteiger partial charge in [-0.3, -0.25) is 9.69 Å². The Morgan fingerprint density at radius 2 is 1.80 bits per heavy atom. The van der Waals surface area contributed by atoms with Gasteiger partial charge in [0.05, 0.1) is 12.0 Å². The SMILES string of the molecule is Cc1cc(C(C)n2ncnn2)c(N2CCN(C(=O)C3CN(C(C)(C)C)C[C@H]3c3ccc(F)cc3F)CC2)cc1Cl. The molecule has 2 aliphatic rings. The molecule has 8 nitrogen and oxygen atoms in total. The zero-order valence-corrected chi connectivity index (χ0v) is 24.4. The lowest BCUT2D eigenvalue weighted by Gasteiger charge is -2.39. The molecule has 2 saturated heterocycles. The summed E-state index contributed by atoms with van der Waals surface area (Å²) in [5.74, 6) is -1.95. The highest BCUT2D eigenvalue weighted by Crippen LogP contribution is 2.39. The van der Waals surface area contributed by atoms with Gasteiger partial charge in [0, 0.05) is 73.1 Å². The molecule has 1 aromatic heterocycles. The van der Waals surface area contributed by atoms with E-state index in [4.69, 9.17) is 11.6 Å². The van der Waals surface area contributed by atoms with Crippen LogP contribution in [-0.2, 0) is 4.79 Å². The molecule has 2 aliphatic heterocycles. The zero-order valence-electron chi connectivity index (χ0n) is 23.6. The van der Waals surface area contributed by atoms with E-state index in [9.17, 15) is 13.6 Å². The highest BCUT2D eigenvalue weighted by Gasteiger charge is 2.44. The predicted molar refractivity (Wildman–Crippen MR) is 151 cm³/mol. The molecule has 0 N–H and O–H groups in total. The Morgan fingerprint density at radius 1 is 1.07 bits per heavy atom. The van der Waals surface area contributed by atoms with Crippen molar-refractivity contribution in [1.29, 1.82) is 0 Å². The monoisotopic (exact) mass is 571 g/mol. The molecule has 3 heterocycles. The van der Waals surface area contributed by atoms with Crippen LogP contribution in [-0.4, -0.2) is 80.7 Å². The summed E-state index contributed by atoms with van der Waals surface area (Å²) in [6.07, 6.45) is 1.41. The van der Waals surface area contributed by atoms with Crippen molar-refractivity contribution in [1.82, 2.24) is 30.0 Å². The van der Waals surface area contributed by atoms with Gasteiger partial charge < -0.3 is 9.80 Å². The molecule has 3 aromatic rings. The van der Waals surface area contributed by atoms with Crippen molar-refractivity contribution in [3.8, 4) is 0 Å². The van der Waals surface area contributed by atoms with Gasteiger partial charge in [-0.05, 0) is 63.1 Å². The Morgan fingerprint density at radius 3 is 2.42 bits per heavy atom. The van der Waals surface area contributed by atoms with Crippen molar-refractivity contribution in [2.75, 3.05) is 44.2 Å². The normalized spacial score (nSPS) is 21.2. The number of carbonyl (C=O) groups is 1. The van der Waals surface area contributed by atoms with Gasteiger partial charge in [-0.2, -0.15) is 4.80 Å². The van der Waals surface area contributed by atoms with Crippen molar-refractivity contribution in [2.24, 2.45) is 5.92 Å². The third kappa shape index (κ3) is 5.56. The van der Waals surface area contributed by atoms with Crippen LogP contribution in [0.2, 0.25) is 5.02 Å². The van der Waals surface area contributed by atoms with E-state index in [0.717, 1.165) is 22.9 Å². The summed E-state index contributed by atoms with van der Waals surface area (Å²) in [7, 11) is 0. The lowest BCUT2D eigenvalue weighted by Crippen LogP contribution is -2.51. The van der Waals surface area contributed by atoms with Crippen molar-refractivity contribution in [3.63, 3.8) is 0 Å². The Labute approximate surface area is 238 Å². The maximum Gasteiger partial charge on any atom is 0.227 e. The molecule has 2 fully saturated rings. The smallest absolute Gasteiger partial charge is 0.227 e. The summed E-state index contributed by atoms with van der Waals surface area (Å²) in [6.45, 7) is 13.7. The molecule has 0 spiro atoms. The first kappa shape index (κ1) is 28.4. The van der Waals surface area contributed by atoms with E-state index in [0.29, 0.717) is 49.9 Å². The average molecular weight is 572 g/mol. The third-order valence-electron chi connectivity index (χ3n) is 8.35. The van der Waals surface area contributed by atoms with Crippen LogP contribution in [0.1, 0.15) is 56.3 Å². The first-order valence-electron chi connectivity index (χ1n) is 13.7. The molecule has 1 amide bonds. The summed E-state index contributed by atoms with van der Waals surface area (Å²) >= 11 is 6.55. The molecule has 40 heavy (non-hydrogen) atoms. The summed E-state index contributed by atoms with van der Waals surface area (Å²) in [5.41, 5.74) is 3.20. The minimum Gasteiger partial charge on any atom is -0.368 e. The fourth-order valence-electron chi connectivity index (χ4n) is 5.90. The summed E-state index contributed by atoms with van der Waals surface area (Å²) in [6, 6.07) is 7.57. The highest BCUT2D eigenvalue weighted by atomic mass is 35.5. The van der Waals surface area contributed by atoms with E-state index in [2.05, 4.69) is 52.0 Å². The first-order valence-corrected chi connectivity index (χ1v) is 14.1. The molecule has 3 atom stereocenters. The summed E-state index contributed by atoms with van der Waals surface area (Å²) in [4.78, 5) is 21.9. The van der Waals surface area contributed by atoms with Crippen LogP contribution in [0, 0.1) is 24.5 Å². The number of tetrazole rings is 1. The molecular formula is C29H36ClF2N7O. The van der Waals surface area contributed by atoms with Gasteiger partial charge in [-0.15, -0.1) is 10.2 Å². The quantitative estimate of drug-likeness (QED) is 0.443. The fraction of sp³-hybridized carbons (Fsp3) is 0.517. The van der Waals surface area contributed by atoms with E-state index in [1.165, 1.54) is 18.5 Å². The largest absolute Gasteiger partial charge is 0.368 e. The number of nitrogens with zero attached hydrogens (tertiary/aromatic N) is 7. The average Bonchev–Trinajstić information content (AvgIpc) is 3.60. The number of carbonyl (C=O) groups excluding carboxylic acids is 1. The van der Waals surface area contributed by atoms with Crippen LogP contribution in [0.4, 0.5) is 14.5 Å². The van der Waals surface area contributed by atoms with Crippen LogP contribution in [0.5, 0.6) is 0 Å². The second kappa shape index (κ2) is 11.0. The summed E-state index contributed by atoms with van der Waals surface area (Å²) in [5, 5.41) is 12.8. The Hall–Kier alpha value is -3.11. The van der Waals surface area contributed by atoms with Crippen molar-refractivity contribution in [2.45, 2.75) is 52.1 Å². The number of likely N-dealkylation sites (tertiary alicyclic amines) is 1. The van der Waals surface area contributed by atoms with Gasteiger partial charge in [0.25, 0.3) is 0 Å². The number of rotatable bonds is 5. The number of amides is 1. The summed E-state index contributed by atoms with van der Waals surface area (Å²) < 4.78 is 28.6. The molecule has 214 valence electrons. The molecule has 0 saturated carbocycles. The topological polar surface area (TPSA) is 70.4 Å². The molecule has 2 unspecified atom stereocenters. The van der Waals surface area contributed by atoms with Crippen LogP contribution in [0.15, 0.2) is 36.7 Å². The van der Waals surface area contributed by atoms with Crippen molar-refractivity contribution in [3.05, 3.63) is 70.0 Å². The van der Waals surface area contributed by atoms with Gasteiger partial charge in [0.15, 0.2) is 6.33 Å². The Balaban J connectivity index is 1.35. The first-order chi connectivity index (χ1) is 18.9. The Bertz CT molecular complexity index is 1370. The number of aryl methyl sites for hydroxylation is 1. The number of benzene rings is 2. The number of piperazine rings is 1. The van der Waals surface area contributed by atoms with Gasteiger partial charge in [-0.1, -0.05) is 23.7 Å². The maximum absolute atomic E-state index is 14.9. The Kier molecular flexibility index (Phi) is 7.85. The number of hydrogen-bond acceptors (Lipinski definition) is 6. The lowest BCUT2D eigenvalue weighted by atomic mass is 9.87. The predicted octanol–water partition coefficient (Wildman–Crippen LogP) is 4.69. The van der Waals surface area contributed by atoms with E-state index >= 15 is 0 Å². The minimum absolute atomic E-state index is 0.0162. The molecule has 11 heteroatoms. The number of halogens is 3. The minimum atomic E-state index is -0.615. The van der Waals surface area contributed by atoms with E-state index in [-0.39, 0.29) is 23.4 Å². The molecule has 0 aliphatic carbocycles. The van der Waals surface area contributed by atoms with E-state index in [1.807, 2.05) is 24.8 Å². The van der Waals surface area contributed by atoms with Gasteiger partial charge in [-0.25, -0.2) is 8.78 Å². The van der Waals surface area contributed by atoms with Crippen LogP contribution in [0.25, 0.3) is 0 Å². The maximum atomic E-state index is 14.9. The molecule has 2 aromatic carbocycles. The molecule has 0 radical (unpaired) electrons. The van der Waals surface area contributed by atoms with E-state index in [1.54, 1.807) is 4.80 Å². The van der Waals surface area contributed by atoms with Crippen molar-refractivity contribution >= 4 is 23.2 Å².